The zero-order valence-corrected chi connectivity index (χ0v) is 12.2. The van der Waals surface area contributed by atoms with Crippen molar-refractivity contribution in [2.75, 3.05) is 17.7 Å². The van der Waals surface area contributed by atoms with E-state index >= 15 is 0 Å². The third-order valence-electron chi connectivity index (χ3n) is 4.47. The Balaban J connectivity index is 2.12. The van der Waals surface area contributed by atoms with E-state index in [2.05, 4.69) is 44.9 Å². The summed E-state index contributed by atoms with van der Waals surface area (Å²) in [5.41, 5.74) is 9.91. The largest absolute Gasteiger partial charge is 0.399 e. The van der Waals surface area contributed by atoms with Gasteiger partial charge < -0.3 is 10.6 Å². The molecule has 1 aromatic carbocycles. The standard InChI is InChI=1S/C16H26N2/c1-12-5-6-13(17)11-15(12)18(4)14-7-9-16(2,3)10-8-14/h5-6,11,14H,7-10,17H2,1-4H3. The van der Waals surface area contributed by atoms with Crippen LogP contribution in [0.25, 0.3) is 0 Å². The second-order valence-corrected chi connectivity index (χ2v) is 6.55. The lowest BCUT2D eigenvalue weighted by atomic mass is 9.75. The molecule has 1 aliphatic rings. The molecule has 0 amide bonds. The molecular weight excluding hydrogens is 220 g/mol. The number of anilines is 2. The van der Waals surface area contributed by atoms with Crippen molar-refractivity contribution in [3.63, 3.8) is 0 Å². The molecule has 0 heterocycles. The first-order chi connectivity index (χ1) is 8.39. The van der Waals surface area contributed by atoms with E-state index in [1.54, 1.807) is 0 Å². The maximum absolute atomic E-state index is 5.91. The Hall–Kier alpha value is -1.18. The van der Waals surface area contributed by atoms with Gasteiger partial charge in [0.2, 0.25) is 0 Å². The molecule has 0 spiro atoms. The zero-order valence-electron chi connectivity index (χ0n) is 12.2. The van der Waals surface area contributed by atoms with E-state index in [4.69, 9.17) is 5.73 Å². The molecular formula is C16H26N2. The number of nitrogens with zero attached hydrogens (tertiary/aromatic N) is 1. The average molecular weight is 246 g/mol. The van der Waals surface area contributed by atoms with Gasteiger partial charge in [-0.25, -0.2) is 0 Å². The lowest BCUT2D eigenvalue weighted by Crippen LogP contribution is -2.37. The number of aryl methyl sites for hydroxylation is 1. The molecule has 0 atom stereocenters. The monoisotopic (exact) mass is 246 g/mol. The quantitative estimate of drug-likeness (QED) is 0.800. The topological polar surface area (TPSA) is 29.3 Å². The fraction of sp³-hybridized carbons (Fsp3) is 0.625. The van der Waals surface area contributed by atoms with E-state index in [0.717, 1.165) is 5.69 Å². The van der Waals surface area contributed by atoms with Gasteiger partial charge in [-0.1, -0.05) is 19.9 Å². The molecule has 1 fully saturated rings. The van der Waals surface area contributed by atoms with E-state index in [1.807, 2.05) is 6.07 Å². The maximum Gasteiger partial charge on any atom is 0.0416 e. The second kappa shape index (κ2) is 4.83. The van der Waals surface area contributed by atoms with Crippen LogP contribution in [-0.2, 0) is 0 Å². The van der Waals surface area contributed by atoms with Crippen molar-refractivity contribution in [2.45, 2.75) is 52.5 Å². The summed E-state index contributed by atoms with van der Waals surface area (Å²) in [6.07, 6.45) is 5.22. The molecule has 0 bridgehead atoms. The maximum atomic E-state index is 5.91. The predicted molar refractivity (Wildman–Crippen MR) is 80.0 cm³/mol. The van der Waals surface area contributed by atoms with E-state index in [1.165, 1.54) is 36.9 Å². The van der Waals surface area contributed by atoms with Crippen LogP contribution >= 0.6 is 0 Å². The molecule has 18 heavy (non-hydrogen) atoms. The minimum absolute atomic E-state index is 0.530. The number of hydrogen-bond donors (Lipinski definition) is 1. The van der Waals surface area contributed by atoms with Gasteiger partial charge in [-0.05, 0) is 55.7 Å². The van der Waals surface area contributed by atoms with E-state index in [0.29, 0.717) is 11.5 Å². The third-order valence-corrected chi connectivity index (χ3v) is 4.47. The summed E-state index contributed by atoms with van der Waals surface area (Å²) >= 11 is 0. The minimum atomic E-state index is 0.530. The molecule has 2 nitrogen and oxygen atoms in total. The van der Waals surface area contributed by atoms with Crippen molar-refractivity contribution in [1.29, 1.82) is 0 Å². The number of rotatable bonds is 2. The van der Waals surface area contributed by atoms with Crippen molar-refractivity contribution in [1.82, 2.24) is 0 Å². The summed E-state index contributed by atoms with van der Waals surface area (Å²) in [4.78, 5) is 2.43. The summed E-state index contributed by atoms with van der Waals surface area (Å²) in [6, 6.07) is 6.87. The molecule has 100 valence electrons. The lowest BCUT2D eigenvalue weighted by molar-refractivity contribution is 0.222. The fourth-order valence-electron chi connectivity index (χ4n) is 2.97. The highest BCUT2D eigenvalue weighted by atomic mass is 15.1. The number of hydrogen-bond acceptors (Lipinski definition) is 2. The van der Waals surface area contributed by atoms with Gasteiger partial charge in [-0.15, -0.1) is 0 Å². The number of benzene rings is 1. The molecule has 0 saturated heterocycles. The van der Waals surface area contributed by atoms with Crippen LogP contribution in [0.3, 0.4) is 0 Å². The Morgan fingerprint density at radius 3 is 2.44 bits per heavy atom. The number of nitrogens with two attached hydrogens (primary N) is 1. The Bertz CT molecular complexity index is 413. The molecule has 0 aromatic heterocycles. The van der Waals surface area contributed by atoms with Crippen molar-refractivity contribution in [2.24, 2.45) is 5.41 Å². The fourth-order valence-corrected chi connectivity index (χ4v) is 2.97. The van der Waals surface area contributed by atoms with Crippen molar-refractivity contribution >= 4 is 11.4 Å². The van der Waals surface area contributed by atoms with Crippen LogP contribution < -0.4 is 10.6 Å². The SMILES string of the molecule is Cc1ccc(N)cc1N(C)C1CCC(C)(C)CC1. The highest BCUT2D eigenvalue weighted by Gasteiger charge is 2.29. The van der Waals surface area contributed by atoms with Gasteiger partial charge in [0.25, 0.3) is 0 Å². The van der Waals surface area contributed by atoms with Gasteiger partial charge in [0.05, 0.1) is 0 Å². The van der Waals surface area contributed by atoms with Crippen LogP contribution in [-0.4, -0.2) is 13.1 Å². The molecule has 2 N–H and O–H groups in total. The van der Waals surface area contributed by atoms with Gasteiger partial charge >= 0.3 is 0 Å². The Kier molecular flexibility index (Phi) is 3.56. The first kappa shape index (κ1) is 13.3. The van der Waals surface area contributed by atoms with Gasteiger partial charge in [-0.2, -0.15) is 0 Å². The van der Waals surface area contributed by atoms with E-state index in [-0.39, 0.29) is 0 Å². The average Bonchev–Trinajstić information content (AvgIpc) is 2.31. The van der Waals surface area contributed by atoms with Gasteiger partial charge in [-0.3, -0.25) is 0 Å². The first-order valence-electron chi connectivity index (χ1n) is 6.98. The normalized spacial score (nSPS) is 19.8. The molecule has 0 aliphatic heterocycles. The molecule has 0 unspecified atom stereocenters. The zero-order chi connectivity index (χ0) is 13.3. The summed E-state index contributed by atoms with van der Waals surface area (Å²) < 4.78 is 0. The third kappa shape index (κ3) is 2.80. The van der Waals surface area contributed by atoms with E-state index in [9.17, 15) is 0 Å². The van der Waals surface area contributed by atoms with Crippen LogP contribution in [0, 0.1) is 12.3 Å². The molecule has 0 radical (unpaired) electrons. The first-order valence-corrected chi connectivity index (χ1v) is 6.98. The summed E-state index contributed by atoms with van der Waals surface area (Å²) in [5.74, 6) is 0. The van der Waals surface area contributed by atoms with Crippen LogP contribution in [0.15, 0.2) is 18.2 Å². The van der Waals surface area contributed by atoms with Gasteiger partial charge in [0.15, 0.2) is 0 Å². The Morgan fingerprint density at radius 2 is 1.83 bits per heavy atom. The minimum Gasteiger partial charge on any atom is -0.399 e. The highest BCUT2D eigenvalue weighted by molar-refractivity contribution is 5.61. The van der Waals surface area contributed by atoms with Gasteiger partial charge in [0.1, 0.15) is 0 Å². The Morgan fingerprint density at radius 1 is 1.22 bits per heavy atom. The van der Waals surface area contributed by atoms with Crippen LogP contribution in [0.4, 0.5) is 11.4 Å². The van der Waals surface area contributed by atoms with Gasteiger partial charge in [0, 0.05) is 24.5 Å². The summed E-state index contributed by atoms with van der Waals surface area (Å²) in [7, 11) is 2.21. The molecule has 1 aliphatic carbocycles. The number of nitrogen functional groups attached to an aromatic ring is 1. The summed E-state index contributed by atoms with van der Waals surface area (Å²) in [6.45, 7) is 6.93. The van der Waals surface area contributed by atoms with Crippen molar-refractivity contribution in [3.8, 4) is 0 Å². The second-order valence-electron chi connectivity index (χ2n) is 6.55. The smallest absolute Gasteiger partial charge is 0.0416 e. The Labute approximate surface area is 111 Å². The lowest BCUT2D eigenvalue weighted by Gasteiger charge is -2.40. The molecule has 1 aromatic rings. The van der Waals surface area contributed by atoms with Crippen LogP contribution in [0.5, 0.6) is 0 Å². The van der Waals surface area contributed by atoms with E-state index < -0.39 is 0 Å². The molecule has 2 rings (SSSR count). The van der Waals surface area contributed by atoms with Crippen molar-refractivity contribution in [3.05, 3.63) is 23.8 Å². The highest BCUT2D eigenvalue weighted by Crippen LogP contribution is 2.38. The molecule has 1 saturated carbocycles. The van der Waals surface area contributed by atoms with Crippen molar-refractivity contribution < 1.29 is 0 Å². The summed E-state index contributed by atoms with van der Waals surface area (Å²) in [5, 5.41) is 0. The predicted octanol–water partition coefficient (Wildman–Crippen LogP) is 3.98. The van der Waals surface area contributed by atoms with Crippen LogP contribution in [0.2, 0.25) is 0 Å². The molecule has 2 heteroatoms. The van der Waals surface area contributed by atoms with Crippen LogP contribution in [0.1, 0.15) is 45.1 Å².